The smallest absolute Gasteiger partial charge is 0.326 e. The molecule has 2 aromatic heterocycles. The maximum absolute atomic E-state index is 12.5. The summed E-state index contributed by atoms with van der Waals surface area (Å²) in [5, 5.41) is 9.34. The van der Waals surface area contributed by atoms with E-state index in [9.17, 15) is 14.7 Å². The molecule has 0 bridgehead atoms. The normalized spacial score (nSPS) is 22.0. The zero-order valence-electron chi connectivity index (χ0n) is 12.5. The van der Waals surface area contributed by atoms with Crippen molar-refractivity contribution in [2.45, 2.75) is 32.2 Å². The SMILES string of the molecule is CC1CCN(C(=O)Cc2cn3ccccc3n2)C(C(=O)O)C1. The van der Waals surface area contributed by atoms with Gasteiger partial charge in [0, 0.05) is 18.9 Å². The molecule has 0 spiro atoms. The number of likely N-dealkylation sites (tertiary alicyclic amines) is 1. The monoisotopic (exact) mass is 301 g/mol. The molecule has 1 amide bonds. The summed E-state index contributed by atoms with van der Waals surface area (Å²) in [5.74, 6) is -0.752. The highest BCUT2D eigenvalue weighted by molar-refractivity contribution is 5.85. The minimum atomic E-state index is -0.921. The van der Waals surface area contributed by atoms with Crippen LogP contribution in [0.4, 0.5) is 0 Å². The molecule has 6 nitrogen and oxygen atoms in total. The molecule has 6 heteroatoms. The highest BCUT2D eigenvalue weighted by atomic mass is 16.4. The predicted octanol–water partition coefficient (Wildman–Crippen LogP) is 1.59. The van der Waals surface area contributed by atoms with E-state index in [0.29, 0.717) is 24.6 Å². The van der Waals surface area contributed by atoms with Crippen molar-refractivity contribution in [1.82, 2.24) is 14.3 Å². The van der Waals surface area contributed by atoms with Gasteiger partial charge in [-0.15, -0.1) is 0 Å². The Morgan fingerprint density at radius 3 is 2.95 bits per heavy atom. The van der Waals surface area contributed by atoms with Gasteiger partial charge in [0.2, 0.25) is 5.91 Å². The van der Waals surface area contributed by atoms with E-state index >= 15 is 0 Å². The minimum absolute atomic E-state index is 0.139. The quantitative estimate of drug-likeness (QED) is 0.934. The number of carbonyl (C=O) groups excluding carboxylic acids is 1. The van der Waals surface area contributed by atoms with Gasteiger partial charge < -0.3 is 14.4 Å². The first kappa shape index (κ1) is 14.6. The second-order valence-corrected chi connectivity index (χ2v) is 5.95. The van der Waals surface area contributed by atoms with Crippen molar-refractivity contribution in [2.24, 2.45) is 5.92 Å². The molecule has 1 N–H and O–H groups in total. The zero-order chi connectivity index (χ0) is 15.7. The molecular weight excluding hydrogens is 282 g/mol. The average Bonchev–Trinajstić information content (AvgIpc) is 2.89. The molecule has 22 heavy (non-hydrogen) atoms. The molecular formula is C16H19N3O3. The van der Waals surface area contributed by atoms with E-state index in [2.05, 4.69) is 4.98 Å². The van der Waals surface area contributed by atoms with E-state index in [-0.39, 0.29) is 12.3 Å². The molecule has 2 unspecified atom stereocenters. The summed E-state index contributed by atoms with van der Waals surface area (Å²) in [5.41, 5.74) is 1.45. The number of nitrogens with zero attached hydrogens (tertiary/aromatic N) is 3. The Bertz CT molecular complexity index is 676. The number of carboxylic acid groups (broad SMARTS) is 1. The number of piperidine rings is 1. The molecule has 1 saturated heterocycles. The van der Waals surface area contributed by atoms with Crippen LogP contribution in [0.1, 0.15) is 25.5 Å². The third-order valence-corrected chi connectivity index (χ3v) is 4.22. The first-order valence-electron chi connectivity index (χ1n) is 7.49. The lowest BCUT2D eigenvalue weighted by Gasteiger charge is -2.35. The Balaban J connectivity index is 1.76. The average molecular weight is 301 g/mol. The van der Waals surface area contributed by atoms with Crippen LogP contribution in [-0.2, 0) is 16.0 Å². The van der Waals surface area contributed by atoms with Crippen molar-refractivity contribution in [3.63, 3.8) is 0 Å². The van der Waals surface area contributed by atoms with Gasteiger partial charge in [-0.25, -0.2) is 9.78 Å². The molecule has 0 aliphatic carbocycles. The van der Waals surface area contributed by atoms with Crippen LogP contribution in [0.25, 0.3) is 5.65 Å². The van der Waals surface area contributed by atoms with Crippen molar-refractivity contribution in [3.05, 3.63) is 36.3 Å². The van der Waals surface area contributed by atoms with Crippen molar-refractivity contribution in [3.8, 4) is 0 Å². The molecule has 0 radical (unpaired) electrons. The highest BCUT2D eigenvalue weighted by Crippen LogP contribution is 2.23. The number of hydrogen-bond acceptors (Lipinski definition) is 3. The van der Waals surface area contributed by atoms with Gasteiger partial charge in [-0.2, -0.15) is 0 Å². The highest BCUT2D eigenvalue weighted by Gasteiger charge is 2.34. The number of aromatic nitrogens is 2. The molecule has 0 saturated carbocycles. The number of carboxylic acids is 1. The lowest BCUT2D eigenvalue weighted by molar-refractivity contribution is -0.152. The first-order valence-corrected chi connectivity index (χ1v) is 7.49. The summed E-state index contributed by atoms with van der Waals surface area (Å²) in [7, 11) is 0. The van der Waals surface area contributed by atoms with Crippen LogP contribution in [0.5, 0.6) is 0 Å². The molecule has 1 aliphatic rings. The summed E-state index contributed by atoms with van der Waals surface area (Å²) in [6, 6.07) is 4.94. The number of aliphatic carboxylic acids is 1. The standard InChI is InChI=1S/C16H19N3O3/c1-11-5-7-19(13(8-11)16(21)22)15(20)9-12-10-18-6-3-2-4-14(18)17-12/h2-4,6,10-11,13H,5,7-9H2,1H3,(H,21,22). The van der Waals surface area contributed by atoms with E-state index in [0.717, 1.165) is 12.1 Å². The van der Waals surface area contributed by atoms with Crippen LogP contribution in [-0.4, -0.2) is 43.9 Å². The van der Waals surface area contributed by atoms with Crippen LogP contribution in [0.3, 0.4) is 0 Å². The first-order chi connectivity index (χ1) is 10.5. The Hall–Kier alpha value is -2.37. The van der Waals surface area contributed by atoms with Gasteiger partial charge in [0.1, 0.15) is 11.7 Å². The van der Waals surface area contributed by atoms with E-state index in [1.165, 1.54) is 4.90 Å². The van der Waals surface area contributed by atoms with E-state index in [1.807, 2.05) is 41.9 Å². The van der Waals surface area contributed by atoms with Crippen LogP contribution in [0.15, 0.2) is 30.6 Å². The summed E-state index contributed by atoms with van der Waals surface area (Å²) < 4.78 is 1.86. The topological polar surface area (TPSA) is 74.9 Å². The largest absolute Gasteiger partial charge is 0.480 e. The number of imidazole rings is 1. The van der Waals surface area contributed by atoms with Crippen molar-refractivity contribution < 1.29 is 14.7 Å². The van der Waals surface area contributed by atoms with E-state index < -0.39 is 12.0 Å². The van der Waals surface area contributed by atoms with Gasteiger partial charge in [0.05, 0.1) is 12.1 Å². The number of rotatable bonds is 3. The maximum atomic E-state index is 12.5. The van der Waals surface area contributed by atoms with Crippen molar-refractivity contribution in [2.75, 3.05) is 6.54 Å². The predicted molar refractivity (Wildman–Crippen MR) is 80.4 cm³/mol. The zero-order valence-corrected chi connectivity index (χ0v) is 12.5. The summed E-state index contributed by atoms with van der Waals surface area (Å²) in [6.45, 7) is 2.53. The van der Waals surface area contributed by atoms with Crippen LogP contribution < -0.4 is 0 Å². The Morgan fingerprint density at radius 2 is 2.23 bits per heavy atom. The van der Waals surface area contributed by atoms with E-state index in [1.54, 1.807) is 0 Å². The van der Waals surface area contributed by atoms with Gasteiger partial charge in [-0.05, 0) is 30.9 Å². The third kappa shape index (κ3) is 2.81. The van der Waals surface area contributed by atoms with Crippen LogP contribution in [0.2, 0.25) is 0 Å². The second kappa shape index (κ2) is 5.79. The Kier molecular flexibility index (Phi) is 3.83. The number of fused-ring (bicyclic) bond motifs is 1. The van der Waals surface area contributed by atoms with Gasteiger partial charge in [-0.3, -0.25) is 4.79 Å². The summed E-state index contributed by atoms with van der Waals surface area (Å²) in [4.78, 5) is 29.8. The lowest BCUT2D eigenvalue weighted by atomic mass is 9.92. The van der Waals surface area contributed by atoms with E-state index in [4.69, 9.17) is 0 Å². The number of hydrogen-bond donors (Lipinski definition) is 1. The summed E-state index contributed by atoms with van der Waals surface area (Å²) >= 11 is 0. The van der Waals surface area contributed by atoms with Crippen LogP contribution in [0, 0.1) is 5.92 Å². The molecule has 1 fully saturated rings. The molecule has 2 aromatic rings. The van der Waals surface area contributed by atoms with Crippen molar-refractivity contribution >= 4 is 17.5 Å². The fourth-order valence-corrected chi connectivity index (χ4v) is 3.00. The van der Waals surface area contributed by atoms with Crippen LogP contribution >= 0.6 is 0 Å². The number of pyridine rings is 1. The fraction of sp³-hybridized carbons (Fsp3) is 0.438. The molecule has 116 valence electrons. The molecule has 0 aromatic carbocycles. The van der Waals surface area contributed by atoms with Crippen molar-refractivity contribution in [1.29, 1.82) is 0 Å². The minimum Gasteiger partial charge on any atom is -0.480 e. The summed E-state index contributed by atoms with van der Waals surface area (Å²) in [6.07, 6.45) is 5.20. The fourth-order valence-electron chi connectivity index (χ4n) is 3.00. The number of carbonyl (C=O) groups is 2. The van der Waals surface area contributed by atoms with Gasteiger partial charge in [0.25, 0.3) is 0 Å². The van der Waals surface area contributed by atoms with Gasteiger partial charge >= 0.3 is 5.97 Å². The maximum Gasteiger partial charge on any atom is 0.326 e. The molecule has 3 heterocycles. The third-order valence-electron chi connectivity index (χ3n) is 4.22. The Labute approximate surface area is 128 Å². The van der Waals surface area contributed by atoms with Gasteiger partial charge in [0.15, 0.2) is 0 Å². The second-order valence-electron chi connectivity index (χ2n) is 5.95. The number of amides is 1. The molecule has 3 rings (SSSR count). The lowest BCUT2D eigenvalue weighted by Crippen LogP contribution is -2.50. The molecule has 2 atom stereocenters. The van der Waals surface area contributed by atoms with Gasteiger partial charge in [-0.1, -0.05) is 13.0 Å². The molecule has 1 aliphatic heterocycles. The Morgan fingerprint density at radius 1 is 1.41 bits per heavy atom.